The number of hydrogen-bond donors (Lipinski definition) is 2. The molecule has 1 aliphatic heterocycles. The number of rotatable bonds is 1. The summed E-state index contributed by atoms with van der Waals surface area (Å²) < 4.78 is 0. The Labute approximate surface area is 105 Å². The first-order valence-electron chi connectivity index (χ1n) is 5.72. The Balaban J connectivity index is 2.31. The number of likely N-dealkylation sites (N-methyl/N-ethyl adjacent to an activating group) is 1. The van der Waals surface area contributed by atoms with Gasteiger partial charge in [-0.2, -0.15) is 5.10 Å². The second kappa shape index (κ2) is 4.01. The summed E-state index contributed by atoms with van der Waals surface area (Å²) in [5.74, 6) is -0.378. The molecule has 0 atom stereocenters. The van der Waals surface area contributed by atoms with Crippen LogP contribution in [0.1, 0.15) is 24.3 Å². The van der Waals surface area contributed by atoms with E-state index in [-0.39, 0.29) is 17.5 Å². The topological polar surface area (TPSA) is 95.3 Å². The zero-order chi connectivity index (χ0) is 13.5. The Morgan fingerprint density at radius 3 is 2.72 bits per heavy atom. The molecule has 7 heteroatoms. The number of H-pyrrole nitrogens is 1. The molecule has 1 fully saturated rings. The average molecular weight is 251 g/mol. The summed E-state index contributed by atoms with van der Waals surface area (Å²) in [6.45, 7) is 4.46. The summed E-state index contributed by atoms with van der Waals surface area (Å²) in [6.07, 6.45) is 1.39. The minimum atomic E-state index is -0.873. The lowest BCUT2D eigenvalue weighted by molar-refractivity contribution is -0.144. The minimum Gasteiger partial charge on any atom is -0.396 e. The third-order valence-electron chi connectivity index (χ3n) is 3.33. The average Bonchev–Trinajstić information content (AvgIpc) is 2.72. The van der Waals surface area contributed by atoms with Crippen LogP contribution in [0.4, 0.5) is 5.69 Å². The number of nitrogens with two attached hydrogens (primary N) is 1. The number of aromatic nitrogens is 2. The molecule has 98 valence electrons. The molecule has 1 saturated heterocycles. The van der Waals surface area contributed by atoms with E-state index < -0.39 is 5.54 Å². The van der Waals surface area contributed by atoms with Gasteiger partial charge in [-0.25, -0.2) is 0 Å². The zero-order valence-electron chi connectivity index (χ0n) is 10.7. The fourth-order valence-corrected chi connectivity index (χ4v) is 2.17. The van der Waals surface area contributed by atoms with E-state index in [1.54, 1.807) is 25.8 Å². The fourth-order valence-electron chi connectivity index (χ4n) is 2.17. The number of carbonyl (C=O) groups is 2. The lowest BCUT2D eigenvalue weighted by Gasteiger charge is -2.44. The predicted molar refractivity (Wildman–Crippen MR) is 65.8 cm³/mol. The standard InChI is InChI=1S/C11H17N5O2/c1-11(2)10(18)15(3)4-5-16(11)9(17)8-7(12)6-13-14-8/h6H,4-5,12H2,1-3H3,(H,13,14). The van der Waals surface area contributed by atoms with Crippen molar-refractivity contribution in [1.29, 1.82) is 0 Å². The molecule has 0 unspecified atom stereocenters. The summed E-state index contributed by atoms with van der Waals surface area (Å²) in [7, 11) is 1.73. The van der Waals surface area contributed by atoms with Crippen molar-refractivity contribution in [3.63, 3.8) is 0 Å². The highest BCUT2D eigenvalue weighted by Gasteiger charge is 2.43. The molecule has 1 aromatic heterocycles. The Hall–Kier alpha value is -2.05. The molecule has 18 heavy (non-hydrogen) atoms. The number of nitrogen functional groups attached to an aromatic ring is 1. The van der Waals surface area contributed by atoms with E-state index in [0.717, 1.165) is 0 Å². The molecular weight excluding hydrogens is 234 g/mol. The molecule has 0 radical (unpaired) electrons. The minimum absolute atomic E-state index is 0.0832. The maximum atomic E-state index is 12.4. The van der Waals surface area contributed by atoms with E-state index in [4.69, 9.17) is 5.73 Å². The fraction of sp³-hybridized carbons (Fsp3) is 0.545. The van der Waals surface area contributed by atoms with Gasteiger partial charge in [0.2, 0.25) is 5.91 Å². The van der Waals surface area contributed by atoms with Crippen molar-refractivity contribution in [3.05, 3.63) is 11.9 Å². The monoisotopic (exact) mass is 251 g/mol. The second-order valence-corrected chi connectivity index (χ2v) is 4.94. The molecular formula is C11H17N5O2. The van der Waals surface area contributed by atoms with Crippen molar-refractivity contribution in [1.82, 2.24) is 20.0 Å². The van der Waals surface area contributed by atoms with Gasteiger partial charge >= 0.3 is 0 Å². The molecule has 1 aliphatic rings. The number of nitrogens with zero attached hydrogens (tertiary/aromatic N) is 3. The van der Waals surface area contributed by atoms with Crippen molar-refractivity contribution >= 4 is 17.5 Å². The lowest BCUT2D eigenvalue weighted by atomic mass is 9.97. The van der Waals surface area contributed by atoms with Crippen molar-refractivity contribution < 1.29 is 9.59 Å². The van der Waals surface area contributed by atoms with Crippen molar-refractivity contribution in [2.45, 2.75) is 19.4 Å². The van der Waals surface area contributed by atoms with Crippen LogP contribution in [-0.2, 0) is 4.79 Å². The van der Waals surface area contributed by atoms with Crippen LogP contribution in [-0.4, -0.2) is 57.5 Å². The van der Waals surface area contributed by atoms with Gasteiger partial charge in [-0.05, 0) is 13.8 Å². The number of nitrogens with one attached hydrogen (secondary N) is 1. The third kappa shape index (κ3) is 1.71. The zero-order valence-corrected chi connectivity index (χ0v) is 10.7. The normalized spacial score (nSPS) is 19.2. The van der Waals surface area contributed by atoms with Crippen molar-refractivity contribution in [3.8, 4) is 0 Å². The molecule has 0 aromatic carbocycles. The molecule has 2 rings (SSSR count). The van der Waals surface area contributed by atoms with Crippen molar-refractivity contribution in [2.24, 2.45) is 0 Å². The maximum absolute atomic E-state index is 12.4. The number of hydrogen-bond acceptors (Lipinski definition) is 4. The van der Waals surface area contributed by atoms with Crippen molar-refractivity contribution in [2.75, 3.05) is 25.9 Å². The van der Waals surface area contributed by atoms with Crippen LogP contribution >= 0.6 is 0 Å². The maximum Gasteiger partial charge on any atom is 0.274 e. The van der Waals surface area contributed by atoms with Crippen LogP contribution in [0.25, 0.3) is 0 Å². The van der Waals surface area contributed by atoms with Crippen LogP contribution in [0.5, 0.6) is 0 Å². The lowest BCUT2D eigenvalue weighted by Crippen LogP contribution is -2.63. The second-order valence-electron chi connectivity index (χ2n) is 4.94. The number of anilines is 1. The highest BCUT2D eigenvalue weighted by Crippen LogP contribution is 2.24. The van der Waals surface area contributed by atoms with Crippen LogP contribution < -0.4 is 5.73 Å². The van der Waals surface area contributed by atoms with Gasteiger partial charge in [0.05, 0.1) is 11.9 Å². The Morgan fingerprint density at radius 1 is 1.50 bits per heavy atom. The first-order valence-corrected chi connectivity index (χ1v) is 5.72. The van der Waals surface area contributed by atoms with Gasteiger partial charge in [0, 0.05) is 20.1 Å². The first-order chi connectivity index (χ1) is 8.35. The number of amides is 2. The molecule has 7 nitrogen and oxygen atoms in total. The molecule has 0 bridgehead atoms. The quantitative estimate of drug-likeness (QED) is 0.715. The molecule has 0 saturated carbocycles. The molecule has 0 aliphatic carbocycles. The molecule has 3 N–H and O–H groups in total. The molecule has 2 heterocycles. The smallest absolute Gasteiger partial charge is 0.274 e. The SMILES string of the molecule is CN1CCN(C(=O)c2[nH]ncc2N)C(C)(C)C1=O. The van der Waals surface area contributed by atoms with Crippen LogP contribution in [0.3, 0.4) is 0 Å². The van der Waals surface area contributed by atoms with Crippen LogP contribution in [0, 0.1) is 0 Å². The Morgan fingerprint density at radius 2 is 2.17 bits per heavy atom. The third-order valence-corrected chi connectivity index (χ3v) is 3.33. The van der Waals surface area contributed by atoms with Gasteiger partial charge in [0.1, 0.15) is 11.2 Å². The summed E-state index contributed by atoms with van der Waals surface area (Å²) in [4.78, 5) is 27.6. The van der Waals surface area contributed by atoms with Crippen LogP contribution in [0.2, 0.25) is 0 Å². The van der Waals surface area contributed by atoms with E-state index in [1.165, 1.54) is 11.1 Å². The van der Waals surface area contributed by atoms with E-state index >= 15 is 0 Å². The largest absolute Gasteiger partial charge is 0.396 e. The van der Waals surface area contributed by atoms with Gasteiger partial charge in [-0.1, -0.05) is 0 Å². The summed E-state index contributed by atoms with van der Waals surface area (Å²) >= 11 is 0. The molecule has 2 amide bonds. The number of aromatic amines is 1. The van der Waals surface area contributed by atoms with Gasteiger partial charge in [0.15, 0.2) is 0 Å². The highest BCUT2D eigenvalue weighted by molar-refractivity contribution is 6.01. The van der Waals surface area contributed by atoms with E-state index in [9.17, 15) is 9.59 Å². The van der Waals surface area contributed by atoms with Gasteiger partial charge < -0.3 is 15.5 Å². The predicted octanol–water partition coefficient (Wildman–Crippen LogP) is -0.315. The Bertz CT molecular complexity index is 493. The first kappa shape index (κ1) is 12.4. The summed E-state index contributed by atoms with van der Waals surface area (Å²) in [5.41, 5.74) is 5.32. The Kier molecular flexibility index (Phi) is 2.76. The van der Waals surface area contributed by atoms with E-state index in [1.807, 2.05) is 0 Å². The summed E-state index contributed by atoms with van der Waals surface area (Å²) in [5, 5.41) is 6.30. The van der Waals surface area contributed by atoms with Gasteiger partial charge in [-0.15, -0.1) is 0 Å². The molecule has 0 spiro atoms. The number of carbonyl (C=O) groups excluding carboxylic acids is 2. The summed E-state index contributed by atoms with van der Waals surface area (Å²) in [6, 6.07) is 0. The van der Waals surface area contributed by atoms with Crippen LogP contribution in [0.15, 0.2) is 6.20 Å². The van der Waals surface area contributed by atoms with E-state index in [0.29, 0.717) is 18.8 Å². The van der Waals surface area contributed by atoms with Gasteiger partial charge in [-0.3, -0.25) is 14.7 Å². The van der Waals surface area contributed by atoms with Gasteiger partial charge in [0.25, 0.3) is 5.91 Å². The number of piperazine rings is 1. The highest BCUT2D eigenvalue weighted by atomic mass is 16.2. The van der Waals surface area contributed by atoms with E-state index in [2.05, 4.69) is 10.2 Å². The molecule has 1 aromatic rings.